The molecule has 2 heterocycles. The second kappa shape index (κ2) is 6.07. The number of hydrogen-bond donors (Lipinski definition) is 0. The fourth-order valence-electron chi connectivity index (χ4n) is 2.98. The van der Waals surface area contributed by atoms with Gasteiger partial charge in [-0.3, -0.25) is 4.79 Å². The number of rotatable bonds is 4. The number of hydrogen-bond acceptors (Lipinski definition) is 4. The lowest BCUT2D eigenvalue weighted by Gasteiger charge is -2.20. The third kappa shape index (κ3) is 2.83. The van der Waals surface area contributed by atoms with Gasteiger partial charge in [0, 0.05) is 18.2 Å². The molecule has 5 nitrogen and oxygen atoms in total. The van der Waals surface area contributed by atoms with Gasteiger partial charge in [-0.2, -0.15) is 0 Å². The minimum Gasteiger partial charge on any atom is -0.492 e. The van der Waals surface area contributed by atoms with E-state index >= 15 is 0 Å². The van der Waals surface area contributed by atoms with Crippen molar-refractivity contribution < 1.29 is 14.1 Å². The number of likely N-dealkylation sites (N-methyl/N-ethyl adjacent to an activating group) is 1. The summed E-state index contributed by atoms with van der Waals surface area (Å²) in [6.07, 6.45) is 2.41. The van der Waals surface area contributed by atoms with Crippen LogP contribution in [0.1, 0.15) is 40.8 Å². The number of carbonyl (C=O) groups excluding carboxylic acids is 1. The first kappa shape index (κ1) is 15.6. The normalized spacial score (nSPS) is 16.1. The van der Waals surface area contributed by atoms with E-state index in [0.717, 1.165) is 29.0 Å². The van der Waals surface area contributed by atoms with Crippen LogP contribution >= 0.6 is 0 Å². The van der Waals surface area contributed by atoms with Crippen LogP contribution < -0.4 is 4.74 Å². The maximum atomic E-state index is 12.8. The second-order valence-corrected chi connectivity index (χ2v) is 6.17. The van der Waals surface area contributed by atoms with E-state index in [2.05, 4.69) is 25.1 Å². The topological polar surface area (TPSA) is 55.6 Å². The van der Waals surface area contributed by atoms with Gasteiger partial charge in [0.25, 0.3) is 0 Å². The van der Waals surface area contributed by atoms with Crippen LogP contribution in [0.3, 0.4) is 0 Å². The zero-order chi connectivity index (χ0) is 16.6. The monoisotopic (exact) mass is 314 g/mol. The Bertz CT molecular complexity index is 736. The average molecular weight is 314 g/mol. The summed E-state index contributed by atoms with van der Waals surface area (Å²) >= 11 is 0. The zero-order valence-corrected chi connectivity index (χ0v) is 14.0. The highest BCUT2D eigenvalue weighted by atomic mass is 16.5. The number of aromatic nitrogens is 1. The van der Waals surface area contributed by atoms with E-state index < -0.39 is 0 Å². The molecule has 3 rings (SSSR count). The van der Waals surface area contributed by atoms with Gasteiger partial charge in [-0.15, -0.1) is 0 Å². The molecule has 1 aromatic carbocycles. The Labute approximate surface area is 136 Å². The smallest absolute Gasteiger partial charge is 0.233 e. The van der Waals surface area contributed by atoms with Gasteiger partial charge in [-0.1, -0.05) is 18.1 Å². The van der Waals surface area contributed by atoms with E-state index in [1.807, 2.05) is 20.0 Å². The summed E-state index contributed by atoms with van der Waals surface area (Å²) in [6.45, 7) is 7.05. The molecule has 1 aliphatic rings. The standard InChI is InChI=1S/C18H22N2O3/c1-5-16-13(9-23-19-16)8-20(4)18(21)15-10-22-17-7-12(3)11(2)6-14(15)17/h6-7,9,15H,5,8,10H2,1-4H3. The average Bonchev–Trinajstić information content (AvgIpc) is 3.13. The fourth-order valence-corrected chi connectivity index (χ4v) is 2.98. The summed E-state index contributed by atoms with van der Waals surface area (Å²) in [7, 11) is 1.81. The summed E-state index contributed by atoms with van der Waals surface area (Å²) in [5.41, 5.74) is 5.22. The molecule has 1 unspecified atom stereocenters. The third-order valence-corrected chi connectivity index (χ3v) is 4.55. The molecule has 1 aliphatic heterocycles. The Hall–Kier alpha value is -2.30. The predicted octanol–water partition coefficient (Wildman–Crippen LogP) is 2.99. The molecule has 0 N–H and O–H groups in total. The first-order valence-electron chi connectivity index (χ1n) is 7.92. The Kier molecular flexibility index (Phi) is 4.11. The lowest BCUT2D eigenvalue weighted by molar-refractivity contribution is -0.132. The highest BCUT2D eigenvalue weighted by Crippen LogP contribution is 2.37. The van der Waals surface area contributed by atoms with Crippen molar-refractivity contribution in [1.29, 1.82) is 0 Å². The number of fused-ring (bicyclic) bond motifs is 1. The first-order chi connectivity index (χ1) is 11.0. The van der Waals surface area contributed by atoms with E-state index in [9.17, 15) is 4.79 Å². The summed E-state index contributed by atoms with van der Waals surface area (Å²) < 4.78 is 10.7. The first-order valence-corrected chi connectivity index (χ1v) is 7.92. The second-order valence-electron chi connectivity index (χ2n) is 6.17. The van der Waals surface area contributed by atoms with Crippen molar-refractivity contribution in [3.05, 3.63) is 46.3 Å². The molecule has 0 spiro atoms. The van der Waals surface area contributed by atoms with Crippen LogP contribution in [-0.2, 0) is 17.8 Å². The van der Waals surface area contributed by atoms with Crippen LogP contribution in [0.25, 0.3) is 0 Å². The third-order valence-electron chi connectivity index (χ3n) is 4.55. The quantitative estimate of drug-likeness (QED) is 0.870. The Balaban J connectivity index is 1.78. The van der Waals surface area contributed by atoms with Crippen molar-refractivity contribution in [3.8, 4) is 5.75 Å². The van der Waals surface area contributed by atoms with Crippen molar-refractivity contribution in [2.75, 3.05) is 13.7 Å². The van der Waals surface area contributed by atoms with Crippen LogP contribution in [0.5, 0.6) is 5.75 Å². The number of nitrogens with zero attached hydrogens (tertiary/aromatic N) is 2. The highest BCUT2D eigenvalue weighted by molar-refractivity contribution is 5.85. The molecule has 1 aromatic heterocycles. The van der Waals surface area contributed by atoms with Crippen molar-refractivity contribution in [3.63, 3.8) is 0 Å². The van der Waals surface area contributed by atoms with Gasteiger partial charge in [-0.05, 0) is 37.5 Å². The summed E-state index contributed by atoms with van der Waals surface area (Å²) in [5.74, 6) is 0.661. The van der Waals surface area contributed by atoms with Gasteiger partial charge in [0.2, 0.25) is 5.91 Å². The summed E-state index contributed by atoms with van der Waals surface area (Å²) in [5, 5.41) is 3.96. The maximum Gasteiger partial charge on any atom is 0.233 e. The molecule has 0 saturated carbocycles. The van der Waals surface area contributed by atoms with Gasteiger partial charge < -0.3 is 14.2 Å². The number of aryl methyl sites for hydroxylation is 3. The van der Waals surface area contributed by atoms with Crippen molar-refractivity contribution in [1.82, 2.24) is 10.1 Å². The van der Waals surface area contributed by atoms with Gasteiger partial charge in [-0.25, -0.2) is 0 Å². The molecule has 0 saturated heterocycles. The van der Waals surface area contributed by atoms with Crippen LogP contribution in [0, 0.1) is 13.8 Å². The molecule has 1 atom stereocenters. The number of amides is 1. The largest absolute Gasteiger partial charge is 0.492 e. The maximum absolute atomic E-state index is 12.8. The summed E-state index contributed by atoms with van der Waals surface area (Å²) in [4.78, 5) is 14.6. The van der Waals surface area contributed by atoms with Crippen molar-refractivity contribution in [2.24, 2.45) is 0 Å². The molecule has 2 aromatic rings. The lowest BCUT2D eigenvalue weighted by atomic mass is 9.96. The number of carbonyl (C=O) groups is 1. The SMILES string of the molecule is CCc1nocc1CN(C)C(=O)C1COc2cc(C)c(C)cc21. The Morgan fingerprint density at radius 3 is 2.83 bits per heavy atom. The van der Waals surface area contributed by atoms with Crippen LogP contribution in [0.15, 0.2) is 22.9 Å². The van der Waals surface area contributed by atoms with E-state index in [1.54, 1.807) is 11.2 Å². The fraction of sp³-hybridized carbons (Fsp3) is 0.444. The summed E-state index contributed by atoms with van der Waals surface area (Å²) in [6, 6.07) is 4.10. The molecular weight excluding hydrogens is 292 g/mol. The van der Waals surface area contributed by atoms with Crippen molar-refractivity contribution in [2.45, 2.75) is 39.7 Å². The predicted molar refractivity (Wildman–Crippen MR) is 86.5 cm³/mol. The molecule has 1 amide bonds. The molecule has 122 valence electrons. The molecule has 0 bridgehead atoms. The zero-order valence-electron chi connectivity index (χ0n) is 14.0. The molecule has 0 aliphatic carbocycles. The molecular formula is C18H22N2O3. The van der Waals surface area contributed by atoms with Gasteiger partial charge in [0.05, 0.1) is 12.2 Å². The molecule has 0 fully saturated rings. The van der Waals surface area contributed by atoms with E-state index in [4.69, 9.17) is 9.26 Å². The van der Waals surface area contributed by atoms with Crippen LogP contribution in [0.4, 0.5) is 0 Å². The Morgan fingerprint density at radius 1 is 1.35 bits per heavy atom. The van der Waals surface area contributed by atoms with E-state index in [1.165, 1.54) is 11.1 Å². The lowest BCUT2D eigenvalue weighted by Crippen LogP contribution is -2.32. The minimum absolute atomic E-state index is 0.0651. The minimum atomic E-state index is -0.237. The molecule has 0 radical (unpaired) electrons. The Morgan fingerprint density at radius 2 is 2.09 bits per heavy atom. The molecule has 23 heavy (non-hydrogen) atoms. The van der Waals surface area contributed by atoms with Crippen LogP contribution in [0.2, 0.25) is 0 Å². The van der Waals surface area contributed by atoms with Crippen LogP contribution in [-0.4, -0.2) is 29.6 Å². The number of benzene rings is 1. The van der Waals surface area contributed by atoms with E-state index in [0.29, 0.717) is 13.2 Å². The van der Waals surface area contributed by atoms with Gasteiger partial charge >= 0.3 is 0 Å². The van der Waals surface area contributed by atoms with E-state index in [-0.39, 0.29) is 11.8 Å². The van der Waals surface area contributed by atoms with Gasteiger partial charge in [0.15, 0.2) is 0 Å². The highest BCUT2D eigenvalue weighted by Gasteiger charge is 2.33. The number of ether oxygens (including phenoxy) is 1. The molecule has 5 heteroatoms. The van der Waals surface area contributed by atoms with Crippen molar-refractivity contribution >= 4 is 5.91 Å². The van der Waals surface area contributed by atoms with Gasteiger partial charge in [0.1, 0.15) is 24.5 Å².